The van der Waals surface area contributed by atoms with Gasteiger partial charge in [-0.1, -0.05) is 13.3 Å². The Kier molecular flexibility index (Phi) is 3.50. The van der Waals surface area contributed by atoms with E-state index in [1.54, 1.807) is 6.07 Å². The lowest BCUT2D eigenvalue weighted by atomic mass is 9.54. The molecule has 5 rings (SSSR count). The van der Waals surface area contributed by atoms with Crippen molar-refractivity contribution in [3.8, 4) is 11.5 Å². The number of phenols is 1. The number of phenolic OH excluding ortho intramolecular Hbond substituents is 1. The summed E-state index contributed by atoms with van der Waals surface area (Å²) in [6.45, 7) is 4.62. The van der Waals surface area contributed by atoms with Crippen LogP contribution < -0.4 is 4.74 Å². The van der Waals surface area contributed by atoms with Crippen molar-refractivity contribution in [2.24, 2.45) is 11.8 Å². The molecule has 5 atom stereocenters. The van der Waals surface area contributed by atoms with Crippen molar-refractivity contribution in [3.63, 3.8) is 0 Å². The van der Waals surface area contributed by atoms with Crippen LogP contribution in [-0.4, -0.2) is 48.2 Å². The topological polar surface area (TPSA) is 46.5 Å². The second-order valence-corrected chi connectivity index (χ2v) is 9.40. The Morgan fingerprint density at radius 2 is 2.19 bits per heavy atom. The molecule has 2 bridgehead atoms. The smallest absolute Gasteiger partial charge is 0.164 e. The number of carbonyl (C=O) groups excluding carboxylic acids is 1. The third kappa shape index (κ3) is 2.02. The standard InChI is InChI=1S/C22H29NO3/c1-3-4-16-17-11-15-18(25)7-8-19-21(15)22(16,20(13-24)26-19)9-10-23(17,2)12-14-5-6-14/h7-8,13-14,16-17,20H,3-6,9-12H2,1-2H3/p+1/t16?,17?,20?,22-,23?/m1/s1. The van der Waals surface area contributed by atoms with Crippen LogP contribution in [0.3, 0.4) is 0 Å². The number of rotatable bonds is 5. The van der Waals surface area contributed by atoms with Gasteiger partial charge in [-0.15, -0.1) is 0 Å². The summed E-state index contributed by atoms with van der Waals surface area (Å²) in [4.78, 5) is 12.1. The van der Waals surface area contributed by atoms with Crippen LogP contribution in [0.2, 0.25) is 0 Å². The van der Waals surface area contributed by atoms with Crippen LogP contribution in [0.25, 0.3) is 0 Å². The maximum Gasteiger partial charge on any atom is 0.164 e. The molecule has 2 fully saturated rings. The number of likely N-dealkylation sites (N-methyl/N-ethyl adjacent to an activating group) is 1. The molecular formula is C22H30NO3+. The molecule has 4 heteroatoms. The summed E-state index contributed by atoms with van der Waals surface area (Å²) in [5.41, 5.74) is 2.00. The molecular weight excluding hydrogens is 326 g/mol. The SMILES string of the molecule is CCCC1C2Cc3c(O)ccc4c3[C@@]1(CC[N+]2(C)CC1CC1)C(C=O)O4. The quantitative estimate of drug-likeness (QED) is 0.651. The monoisotopic (exact) mass is 356 g/mol. The highest BCUT2D eigenvalue weighted by molar-refractivity contribution is 5.69. The molecule has 1 saturated heterocycles. The second kappa shape index (κ2) is 5.48. The fourth-order valence-corrected chi connectivity index (χ4v) is 6.65. The molecule has 4 aliphatic rings. The normalized spacial score (nSPS) is 40.0. The number of aromatic hydroxyl groups is 1. The lowest BCUT2D eigenvalue weighted by molar-refractivity contribution is -0.946. The van der Waals surface area contributed by atoms with Crippen LogP contribution in [0.4, 0.5) is 0 Å². The van der Waals surface area contributed by atoms with Crippen LogP contribution in [0.15, 0.2) is 12.1 Å². The zero-order valence-corrected chi connectivity index (χ0v) is 15.9. The highest BCUT2D eigenvalue weighted by Gasteiger charge is 2.66. The zero-order chi connectivity index (χ0) is 18.1. The van der Waals surface area contributed by atoms with Gasteiger partial charge < -0.3 is 14.3 Å². The van der Waals surface area contributed by atoms with E-state index in [9.17, 15) is 9.90 Å². The summed E-state index contributed by atoms with van der Waals surface area (Å²) >= 11 is 0. The lowest BCUT2D eigenvalue weighted by Crippen LogP contribution is -2.70. The number of carbonyl (C=O) groups is 1. The molecule has 0 radical (unpaired) electrons. The van der Waals surface area contributed by atoms with E-state index in [1.165, 1.54) is 24.9 Å². The number of quaternary nitrogens is 1. The average molecular weight is 356 g/mol. The van der Waals surface area contributed by atoms with E-state index in [0.29, 0.717) is 17.7 Å². The Labute approximate surface area is 155 Å². The molecule has 26 heavy (non-hydrogen) atoms. The second-order valence-electron chi connectivity index (χ2n) is 9.40. The van der Waals surface area contributed by atoms with Crippen molar-refractivity contribution in [3.05, 3.63) is 23.3 Å². The van der Waals surface area contributed by atoms with E-state index in [0.717, 1.165) is 60.2 Å². The Morgan fingerprint density at radius 3 is 2.88 bits per heavy atom. The first-order valence-electron chi connectivity index (χ1n) is 10.3. The highest BCUT2D eigenvalue weighted by atomic mass is 16.5. The van der Waals surface area contributed by atoms with Crippen LogP contribution in [0.1, 0.15) is 50.2 Å². The van der Waals surface area contributed by atoms with Crippen molar-refractivity contribution >= 4 is 6.29 Å². The number of hydrogen-bond acceptors (Lipinski definition) is 3. The van der Waals surface area contributed by atoms with Gasteiger partial charge in [0.1, 0.15) is 11.5 Å². The third-order valence-corrected chi connectivity index (χ3v) is 7.95. The van der Waals surface area contributed by atoms with Gasteiger partial charge in [-0.05, 0) is 31.4 Å². The van der Waals surface area contributed by atoms with Crippen LogP contribution in [0.5, 0.6) is 11.5 Å². The fraction of sp³-hybridized carbons (Fsp3) is 0.682. The minimum Gasteiger partial charge on any atom is -0.508 e. The van der Waals surface area contributed by atoms with E-state index in [1.807, 2.05) is 6.07 Å². The van der Waals surface area contributed by atoms with Crippen molar-refractivity contribution in [1.29, 1.82) is 0 Å². The van der Waals surface area contributed by atoms with E-state index < -0.39 is 6.10 Å². The van der Waals surface area contributed by atoms with E-state index in [4.69, 9.17) is 4.74 Å². The molecule has 140 valence electrons. The molecule has 0 aromatic heterocycles. The maximum atomic E-state index is 12.1. The van der Waals surface area contributed by atoms with Crippen molar-refractivity contribution < 1.29 is 19.1 Å². The summed E-state index contributed by atoms with van der Waals surface area (Å²) in [6.07, 6.45) is 7.54. The molecule has 4 unspecified atom stereocenters. The Bertz CT molecular complexity index is 758. The fourth-order valence-electron chi connectivity index (χ4n) is 6.65. The van der Waals surface area contributed by atoms with Gasteiger partial charge in [0.2, 0.25) is 0 Å². The largest absolute Gasteiger partial charge is 0.508 e. The van der Waals surface area contributed by atoms with E-state index in [-0.39, 0.29) is 5.41 Å². The molecule has 1 spiro atoms. The minimum atomic E-state index is -0.396. The summed E-state index contributed by atoms with van der Waals surface area (Å²) in [5, 5.41) is 10.7. The number of hydrogen-bond donors (Lipinski definition) is 1. The molecule has 2 aliphatic carbocycles. The summed E-state index contributed by atoms with van der Waals surface area (Å²) in [6, 6.07) is 4.10. The van der Waals surface area contributed by atoms with Gasteiger partial charge in [-0.25, -0.2) is 0 Å². The van der Waals surface area contributed by atoms with Crippen molar-refractivity contribution in [2.45, 2.75) is 63.0 Å². The number of nitrogens with zero attached hydrogens (tertiary/aromatic N) is 1. The first kappa shape index (κ1) is 16.6. The van der Waals surface area contributed by atoms with Gasteiger partial charge in [-0.2, -0.15) is 0 Å². The average Bonchev–Trinajstić information content (AvgIpc) is 3.36. The maximum absolute atomic E-state index is 12.1. The summed E-state index contributed by atoms with van der Waals surface area (Å²) < 4.78 is 7.27. The molecule has 4 nitrogen and oxygen atoms in total. The number of piperidine rings is 1. The Hall–Kier alpha value is -1.55. The summed E-state index contributed by atoms with van der Waals surface area (Å²) in [5.74, 6) is 2.56. The number of aldehydes is 1. The van der Waals surface area contributed by atoms with E-state index in [2.05, 4.69) is 14.0 Å². The minimum absolute atomic E-state index is 0.231. The molecule has 1 N–H and O–H groups in total. The molecule has 1 aromatic carbocycles. The molecule has 2 aliphatic heterocycles. The van der Waals surface area contributed by atoms with Gasteiger partial charge in [-0.3, -0.25) is 4.79 Å². The highest BCUT2D eigenvalue weighted by Crippen LogP contribution is 2.61. The first-order valence-corrected chi connectivity index (χ1v) is 10.3. The van der Waals surface area contributed by atoms with Gasteiger partial charge in [0.05, 0.1) is 31.6 Å². The van der Waals surface area contributed by atoms with Crippen LogP contribution in [-0.2, 0) is 16.6 Å². The van der Waals surface area contributed by atoms with Gasteiger partial charge in [0.15, 0.2) is 12.4 Å². The molecule has 2 heterocycles. The van der Waals surface area contributed by atoms with Gasteiger partial charge >= 0.3 is 0 Å². The summed E-state index contributed by atoms with van der Waals surface area (Å²) in [7, 11) is 2.43. The predicted molar refractivity (Wildman–Crippen MR) is 99.4 cm³/mol. The third-order valence-electron chi connectivity index (χ3n) is 7.95. The Balaban J connectivity index is 1.69. The molecule has 1 aromatic rings. The van der Waals surface area contributed by atoms with Crippen molar-refractivity contribution in [2.75, 3.05) is 20.1 Å². The molecule has 0 amide bonds. The Morgan fingerprint density at radius 1 is 1.38 bits per heavy atom. The van der Waals surface area contributed by atoms with Gasteiger partial charge in [0, 0.05) is 35.8 Å². The zero-order valence-electron chi connectivity index (χ0n) is 15.9. The van der Waals surface area contributed by atoms with E-state index >= 15 is 0 Å². The number of benzene rings is 1. The predicted octanol–water partition coefficient (Wildman–Crippen LogP) is 3.19. The number of ether oxygens (including phenoxy) is 1. The van der Waals surface area contributed by atoms with Gasteiger partial charge in [0.25, 0.3) is 0 Å². The van der Waals surface area contributed by atoms with Crippen molar-refractivity contribution in [1.82, 2.24) is 0 Å². The van der Waals surface area contributed by atoms with Crippen LogP contribution in [0, 0.1) is 11.8 Å². The molecule has 1 saturated carbocycles. The lowest BCUT2D eigenvalue weighted by Gasteiger charge is -2.59. The number of likely N-dealkylation sites (tertiary alicyclic amines) is 1. The van der Waals surface area contributed by atoms with Crippen LogP contribution >= 0.6 is 0 Å². The number of fused-ring (bicyclic) bond motifs is 1. The first-order chi connectivity index (χ1) is 12.5.